The number of aryl methyl sites for hydroxylation is 1. The molecule has 0 spiro atoms. The van der Waals surface area contributed by atoms with Gasteiger partial charge in [-0.25, -0.2) is 0 Å². The van der Waals surface area contributed by atoms with Crippen molar-refractivity contribution in [3.8, 4) is 0 Å². The van der Waals surface area contributed by atoms with Crippen molar-refractivity contribution < 1.29 is 0 Å². The second-order valence-corrected chi connectivity index (χ2v) is 4.89. The summed E-state index contributed by atoms with van der Waals surface area (Å²) in [7, 11) is 0. The van der Waals surface area contributed by atoms with Gasteiger partial charge in [0.2, 0.25) is 0 Å². The fraction of sp³-hybridized carbons (Fsp3) is 0.286. The molecule has 17 heavy (non-hydrogen) atoms. The van der Waals surface area contributed by atoms with Crippen molar-refractivity contribution in [3.63, 3.8) is 0 Å². The average molecular weight is 247 g/mol. The monoisotopic (exact) mass is 246 g/mol. The Morgan fingerprint density at radius 1 is 1.29 bits per heavy atom. The molecule has 2 nitrogen and oxygen atoms in total. The van der Waals surface area contributed by atoms with E-state index in [9.17, 15) is 0 Å². The molecular formula is C14H15ClN2. The van der Waals surface area contributed by atoms with E-state index in [0.29, 0.717) is 0 Å². The maximum absolute atomic E-state index is 6.14. The van der Waals surface area contributed by atoms with Crippen molar-refractivity contribution in [3.05, 3.63) is 40.6 Å². The minimum atomic E-state index is 0.824. The first kappa shape index (κ1) is 10.9. The van der Waals surface area contributed by atoms with Crippen LogP contribution in [0.1, 0.15) is 17.5 Å². The third-order valence-electron chi connectivity index (χ3n) is 3.46. The van der Waals surface area contributed by atoms with Crippen molar-refractivity contribution >= 4 is 28.1 Å². The second kappa shape index (κ2) is 4.21. The number of hydrogen-bond acceptors (Lipinski definition) is 1. The van der Waals surface area contributed by atoms with E-state index in [-0.39, 0.29) is 0 Å². The summed E-state index contributed by atoms with van der Waals surface area (Å²) < 4.78 is 0. The van der Waals surface area contributed by atoms with Gasteiger partial charge in [0, 0.05) is 28.7 Å². The van der Waals surface area contributed by atoms with Gasteiger partial charge in [-0.15, -0.1) is 0 Å². The van der Waals surface area contributed by atoms with E-state index in [0.717, 1.165) is 35.6 Å². The highest BCUT2D eigenvalue weighted by molar-refractivity contribution is 6.32. The zero-order valence-electron chi connectivity index (χ0n) is 9.81. The molecule has 3 heteroatoms. The van der Waals surface area contributed by atoms with Crippen molar-refractivity contribution in [2.24, 2.45) is 0 Å². The number of rotatable bonds is 1. The zero-order valence-corrected chi connectivity index (χ0v) is 10.6. The maximum Gasteiger partial charge on any atom is 0.0504 e. The van der Waals surface area contributed by atoms with Crippen molar-refractivity contribution in [2.45, 2.75) is 13.3 Å². The maximum atomic E-state index is 6.14. The lowest BCUT2D eigenvalue weighted by Gasteiger charge is -2.13. The van der Waals surface area contributed by atoms with Gasteiger partial charge in [-0.2, -0.15) is 0 Å². The van der Waals surface area contributed by atoms with E-state index < -0.39 is 0 Å². The van der Waals surface area contributed by atoms with Crippen LogP contribution >= 0.6 is 11.6 Å². The molecule has 88 valence electrons. The van der Waals surface area contributed by atoms with Crippen LogP contribution < -0.4 is 5.32 Å². The van der Waals surface area contributed by atoms with Gasteiger partial charge in [-0.05, 0) is 37.1 Å². The van der Waals surface area contributed by atoms with E-state index in [4.69, 9.17) is 11.6 Å². The number of aromatic amines is 1. The Labute approximate surface area is 106 Å². The lowest BCUT2D eigenvalue weighted by atomic mass is 9.99. The normalized spacial score (nSPS) is 16.2. The standard InChI is InChI=1S/C14H15ClN2/c1-9-13(15)3-2-11-12(8-17-14(9)11)10-4-6-16-7-5-10/h2-4,8,16-17H,5-7H2,1H3. The molecule has 1 aliphatic rings. The predicted molar refractivity (Wildman–Crippen MR) is 73.5 cm³/mol. The number of aromatic nitrogens is 1. The molecule has 2 heterocycles. The molecule has 0 aliphatic carbocycles. The first-order valence-corrected chi connectivity index (χ1v) is 6.31. The third-order valence-corrected chi connectivity index (χ3v) is 3.87. The van der Waals surface area contributed by atoms with E-state index in [1.165, 1.54) is 16.5 Å². The van der Waals surface area contributed by atoms with Gasteiger partial charge in [0.15, 0.2) is 0 Å². The Kier molecular flexibility index (Phi) is 2.69. The largest absolute Gasteiger partial charge is 0.360 e. The molecule has 0 bridgehead atoms. The first-order valence-electron chi connectivity index (χ1n) is 5.93. The Morgan fingerprint density at radius 3 is 2.94 bits per heavy atom. The Hall–Kier alpha value is -1.25. The molecule has 2 N–H and O–H groups in total. The zero-order chi connectivity index (χ0) is 11.8. The predicted octanol–water partition coefficient (Wildman–Crippen LogP) is 3.51. The average Bonchev–Trinajstić information content (AvgIpc) is 2.79. The second-order valence-electron chi connectivity index (χ2n) is 4.48. The van der Waals surface area contributed by atoms with Crippen LogP contribution in [0.2, 0.25) is 5.02 Å². The SMILES string of the molecule is Cc1c(Cl)ccc2c(C3=CCNCC3)c[nH]c12. The van der Waals surface area contributed by atoms with E-state index in [1.54, 1.807) is 0 Å². The molecule has 0 unspecified atom stereocenters. The van der Waals surface area contributed by atoms with Crippen LogP contribution in [0.25, 0.3) is 16.5 Å². The summed E-state index contributed by atoms with van der Waals surface area (Å²) in [5.41, 5.74) is 5.04. The fourth-order valence-electron chi connectivity index (χ4n) is 2.45. The van der Waals surface area contributed by atoms with E-state index in [1.807, 2.05) is 6.07 Å². The molecule has 1 aromatic carbocycles. The van der Waals surface area contributed by atoms with Gasteiger partial charge in [0.1, 0.15) is 0 Å². The smallest absolute Gasteiger partial charge is 0.0504 e. The van der Waals surface area contributed by atoms with Crippen molar-refractivity contribution in [1.82, 2.24) is 10.3 Å². The minimum Gasteiger partial charge on any atom is -0.360 e. The van der Waals surface area contributed by atoms with Crippen molar-refractivity contribution in [1.29, 1.82) is 0 Å². The summed E-state index contributed by atoms with van der Waals surface area (Å²) in [4.78, 5) is 3.35. The summed E-state index contributed by atoms with van der Waals surface area (Å²) in [6.45, 7) is 4.08. The van der Waals surface area contributed by atoms with Crippen LogP contribution in [0.4, 0.5) is 0 Å². The van der Waals surface area contributed by atoms with Crippen LogP contribution in [-0.2, 0) is 0 Å². The van der Waals surface area contributed by atoms with E-state index in [2.05, 4.69) is 35.6 Å². The molecule has 0 radical (unpaired) electrons. The lowest BCUT2D eigenvalue weighted by molar-refractivity contribution is 0.739. The summed E-state index contributed by atoms with van der Waals surface area (Å²) in [6, 6.07) is 4.09. The molecule has 2 aromatic rings. The van der Waals surface area contributed by atoms with Gasteiger partial charge < -0.3 is 10.3 Å². The van der Waals surface area contributed by atoms with Crippen LogP contribution in [0.15, 0.2) is 24.4 Å². The summed E-state index contributed by atoms with van der Waals surface area (Å²) in [5.74, 6) is 0. The number of hydrogen-bond donors (Lipinski definition) is 2. The molecule has 0 amide bonds. The third kappa shape index (κ3) is 1.78. The number of benzene rings is 1. The molecule has 0 saturated heterocycles. The quantitative estimate of drug-likeness (QED) is 0.792. The van der Waals surface area contributed by atoms with Crippen LogP contribution in [0.5, 0.6) is 0 Å². The molecule has 1 aliphatic heterocycles. The first-order chi connectivity index (χ1) is 8.27. The van der Waals surface area contributed by atoms with Crippen LogP contribution in [-0.4, -0.2) is 18.1 Å². The number of fused-ring (bicyclic) bond motifs is 1. The molecule has 1 aromatic heterocycles. The minimum absolute atomic E-state index is 0.824. The summed E-state index contributed by atoms with van der Waals surface area (Å²) in [5, 5.41) is 5.44. The highest BCUT2D eigenvalue weighted by atomic mass is 35.5. The van der Waals surface area contributed by atoms with Crippen LogP contribution in [0.3, 0.4) is 0 Å². The molecule has 0 atom stereocenters. The molecular weight excluding hydrogens is 232 g/mol. The summed E-state index contributed by atoms with van der Waals surface area (Å²) in [6.07, 6.45) is 5.47. The molecule has 3 rings (SSSR count). The topological polar surface area (TPSA) is 27.8 Å². The fourth-order valence-corrected chi connectivity index (χ4v) is 2.61. The van der Waals surface area contributed by atoms with Gasteiger partial charge in [-0.1, -0.05) is 23.7 Å². The number of nitrogens with one attached hydrogen (secondary N) is 2. The highest BCUT2D eigenvalue weighted by Gasteiger charge is 2.12. The van der Waals surface area contributed by atoms with Crippen molar-refractivity contribution in [2.75, 3.05) is 13.1 Å². The number of H-pyrrole nitrogens is 1. The van der Waals surface area contributed by atoms with E-state index >= 15 is 0 Å². The van der Waals surface area contributed by atoms with Gasteiger partial charge >= 0.3 is 0 Å². The Balaban J connectivity index is 2.18. The lowest BCUT2D eigenvalue weighted by Crippen LogP contribution is -2.19. The number of halogens is 1. The molecule has 0 saturated carbocycles. The summed E-state index contributed by atoms with van der Waals surface area (Å²) >= 11 is 6.14. The Bertz CT molecular complexity index is 596. The van der Waals surface area contributed by atoms with Gasteiger partial charge in [0.05, 0.1) is 5.52 Å². The van der Waals surface area contributed by atoms with Gasteiger partial charge in [0.25, 0.3) is 0 Å². The molecule has 0 fully saturated rings. The Morgan fingerprint density at radius 2 is 2.18 bits per heavy atom. The van der Waals surface area contributed by atoms with Crippen LogP contribution in [0, 0.1) is 6.92 Å². The highest BCUT2D eigenvalue weighted by Crippen LogP contribution is 2.32. The van der Waals surface area contributed by atoms with Gasteiger partial charge in [-0.3, -0.25) is 0 Å².